The maximum atomic E-state index is 12.6. The number of carboxylic acids is 1. The number of rotatable bonds is 4. The van der Waals surface area contributed by atoms with Gasteiger partial charge in [-0.15, -0.1) is 0 Å². The third-order valence-corrected chi connectivity index (χ3v) is 4.03. The van der Waals surface area contributed by atoms with E-state index in [0.29, 0.717) is 16.5 Å². The van der Waals surface area contributed by atoms with Gasteiger partial charge in [-0.2, -0.15) is 0 Å². The van der Waals surface area contributed by atoms with E-state index in [2.05, 4.69) is 5.32 Å². The van der Waals surface area contributed by atoms with E-state index in [0.717, 1.165) is 0 Å². The summed E-state index contributed by atoms with van der Waals surface area (Å²) in [6.07, 6.45) is 0. The molecule has 2 aromatic carbocycles. The fourth-order valence-electron chi connectivity index (χ4n) is 2.54. The number of carboxylic acid groups (broad SMARTS) is 1. The summed E-state index contributed by atoms with van der Waals surface area (Å²) >= 11 is 0. The van der Waals surface area contributed by atoms with Gasteiger partial charge in [0.25, 0.3) is 5.91 Å². The molecule has 25 heavy (non-hydrogen) atoms. The second-order valence-electron chi connectivity index (χ2n) is 5.74. The van der Waals surface area contributed by atoms with Crippen molar-refractivity contribution >= 4 is 22.8 Å². The zero-order valence-electron chi connectivity index (χ0n) is 13.4. The van der Waals surface area contributed by atoms with E-state index < -0.39 is 23.0 Å². The standard InChI is InChI=1S/C19H15NO5/c1-19(18(23)24,13-8-3-2-4-9-13)20-16(21)14-11-12-7-5-6-10-15(12)25-17(14)22/h2-11H,1H3,(H,20,21)(H,23,24). The molecule has 1 aromatic heterocycles. The average Bonchev–Trinajstić information content (AvgIpc) is 2.61. The zero-order valence-corrected chi connectivity index (χ0v) is 13.4. The Bertz CT molecular complexity index is 1010. The molecule has 0 aliphatic heterocycles. The quantitative estimate of drug-likeness (QED) is 0.713. The Balaban J connectivity index is 2.02. The molecule has 0 saturated heterocycles. The molecule has 1 amide bonds. The number of para-hydroxylation sites is 1. The van der Waals surface area contributed by atoms with Crippen LogP contribution in [0.5, 0.6) is 0 Å². The van der Waals surface area contributed by atoms with Crippen LogP contribution in [0.3, 0.4) is 0 Å². The normalized spacial score (nSPS) is 13.2. The lowest BCUT2D eigenvalue weighted by atomic mass is 9.91. The van der Waals surface area contributed by atoms with E-state index in [9.17, 15) is 19.5 Å². The van der Waals surface area contributed by atoms with Gasteiger partial charge in [-0.25, -0.2) is 9.59 Å². The minimum Gasteiger partial charge on any atom is -0.479 e. The predicted molar refractivity (Wildman–Crippen MR) is 91.4 cm³/mol. The molecule has 1 heterocycles. The van der Waals surface area contributed by atoms with E-state index in [1.54, 1.807) is 54.6 Å². The van der Waals surface area contributed by atoms with Gasteiger partial charge in [0, 0.05) is 5.39 Å². The summed E-state index contributed by atoms with van der Waals surface area (Å²) < 4.78 is 5.13. The fourth-order valence-corrected chi connectivity index (χ4v) is 2.54. The molecule has 0 spiro atoms. The van der Waals surface area contributed by atoms with Gasteiger partial charge in [-0.05, 0) is 24.6 Å². The summed E-state index contributed by atoms with van der Waals surface area (Å²) in [5, 5.41) is 12.6. The molecule has 0 saturated carbocycles. The van der Waals surface area contributed by atoms with Crippen molar-refractivity contribution < 1.29 is 19.1 Å². The first kappa shape index (κ1) is 16.4. The first-order chi connectivity index (χ1) is 11.9. The number of carbonyl (C=O) groups excluding carboxylic acids is 1. The Morgan fingerprint density at radius 2 is 1.68 bits per heavy atom. The van der Waals surface area contributed by atoms with Crippen molar-refractivity contribution in [3.8, 4) is 0 Å². The second kappa shape index (κ2) is 6.24. The molecule has 126 valence electrons. The number of aliphatic carboxylic acids is 1. The molecule has 0 fully saturated rings. The monoisotopic (exact) mass is 337 g/mol. The largest absolute Gasteiger partial charge is 0.479 e. The van der Waals surface area contributed by atoms with Gasteiger partial charge in [0.2, 0.25) is 0 Å². The third kappa shape index (κ3) is 3.01. The van der Waals surface area contributed by atoms with Crippen LogP contribution >= 0.6 is 0 Å². The highest BCUT2D eigenvalue weighted by Crippen LogP contribution is 2.22. The summed E-state index contributed by atoms with van der Waals surface area (Å²) in [6, 6.07) is 16.4. The van der Waals surface area contributed by atoms with Crippen LogP contribution in [0.1, 0.15) is 22.8 Å². The van der Waals surface area contributed by atoms with E-state index >= 15 is 0 Å². The van der Waals surface area contributed by atoms with E-state index in [1.807, 2.05) is 0 Å². The van der Waals surface area contributed by atoms with Gasteiger partial charge >= 0.3 is 11.6 Å². The van der Waals surface area contributed by atoms with Crippen LogP contribution in [0.25, 0.3) is 11.0 Å². The molecular formula is C19H15NO5. The average molecular weight is 337 g/mol. The van der Waals surface area contributed by atoms with Crippen LogP contribution in [-0.4, -0.2) is 17.0 Å². The van der Waals surface area contributed by atoms with Crippen molar-refractivity contribution in [2.75, 3.05) is 0 Å². The summed E-state index contributed by atoms with van der Waals surface area (Å²) in [5.41, 5.74) is -2.01. The van der Waals surface area contributed by atoms with Crippen LogP contribution in [0.4, 0.5) is 0 Å². The Morgan fingerprint density at radius 3 is 2.36 bits per heavy atom. The summed E-state index contributed by atoms with van der Waals surface area (Å²) in [6.45, 7) is 1.37. The van der Waals surface area contributed by atoms with Crippen molar-refractivity contribution in [1.82, 2.24) is 5.32 Å². The first-order valence-corrected chi connectivity index (χ1v) is 7.56. The lowest BCUT2D eigenvalue weighted by Crippen LogP contribution is -2.50. The maximum absolute atomic E-state index is 12.6. The molecule has 6 nitrogen and oxygen atoms in total. The van der Waals surface area contributed by atoms with Crippen LogP contribution in [0, 0.1) is 0 Å². The van der Waals surface area contributed by atoms with Gasteiger partial charge in [0.15, 0.2) is 5.54 Å². The Morgan fingerprint density at radius 1 is 1.04 bits per heavy atom. The van der Waals surface area contributed by atoms with Crippen molar-refractivity contribution in [3.63, 3.8) is 0 Å². The minimum atomic E-state index is -1.68. The van der Waals surface area contributed by atoms with Crippen molar-refractivity contribution in [2.24, 2.45) is 0 Å². The molecule has 0 radical (unpaired) electrons. The molecule has 3 rings (SSSR count). The maximum Gasteiger partial charge on any atom is 0.349 e. The van der Waals surface area contributed by atoms with E-state index in [4.69, 9.17) is 4.42 Å². The molecule has 6 heteroatoms. The second-order valence-corrected chi connectivity index (χ2v) is 5.74. The van der Waals surface area contributed by atoms with Gasteiger partial charge in [-0.1, -0.05) is 48.5 Å². The topological polar surface area (TPSA) is 96.6 Å². The minimum absolute atomic E-state index is 0.248. The van der Waals surface area contributed by atoms with Crippen molar-refractivity contribution in [2.45, 2.75) is 12.5 Å². The predicted octanol–water partition coefficient (Wildman–Crippen LogP) is 2.52. The molecule has 0 aliphatic carbocycles. The third-order valence-electron chi connectivity index (χ3n) is 4.03. The molecule has 3 aromatic rings. The summed E-state index contributed by atoms with van der Waals surface area (Å²) in [7, 11) is 0. The van der Waals surface area contributed by atoms with Gasteiger partial charge in [0.05, 0.1) is 0 Å². The fraction of sp³-hybridized carbons (Fsp3) is 0.105. The highest BCUT2D eigenvalue weighted by Gasteiger charge is 2.37. The number of benzene rings is 2. The Kier molecular flexibility index (Phi) is 4.10. The Labute approximate surface area is 142 Å². The number of hydrogen-bond acceptors (Lipinski definition) is 4. The van der Waals surface area contributed by atoms with Crippen molar-refractivity contribution in [3.05, 3.63) is 82.2 Å². The lowest BCUT2D eigenvalue weighted by molar-refractivity contribution is -0.144. The molecule has 0 bridgehead atoms. The highest BCUT2D eigenvalue weighted by atomic mass is 16.4. The van der Waals surface area contributed by atoms with Crippen molar-refractivity contribution in [1.29, 1.82) is 0 Å². The first-order valence-electron chi connectivity index (χ1n) is 7.56. The summed E-state index contributed by atoms with van der Waals surface area (Å²) in [5.74, 6) is -2.05. The van der Waals surface area contributed by atoms with Gasteiger partial charge in [-0.3, -0.25) is 4.79 Å². The van der Waals surface area contributed by atoms with Crippen LogP contribution in [0.2, 0.25) is 0 Å². The Hall–Kier alpha value is -3.41. The van der Waals surface area contributed by atoms with Crippen LogP contribution in [-0.2, 0) is 10.3 Å². The van der Waals surface area contributed by atoms with Gasteiger partial charge in [0.1, 0.15) is 11.1 Å². The highest BCUT2D eigenvalue weighted by molar-refractivity contribution is 5.99. The molecule has 1 unspecified atom stereocenters. The van der Waals surface area contributed by atoms with E-state index in [-0.39, 0.29) is 5.56 Å². The number of fused-ring (bicyclic) bond motifs is 1. The van der Waals surface area contributed by atoms with Crippen LogP contribution in [0.15, 0.2) is 69.9 Å². The zero-order chi connectivity index (χ0) is 18.0. The van der Waals surface area contributed by atoms with Crippen LogP contribution < -0.4 is 10.9 Å². The SMILES string of the molecule is CC(NC(=O)c1cc2ccccc2oc1=O)(C(=O)O)c1ccccc1. The molecule has 2 N–H and O–H groups in total. The number of nitrogens with one attached hydrogen (secondary N) is 1. The number of hydrogen-bond donors (Lipinski definition) is 2. The van der Waals surface area contributed by atoms with E-state index in [1.165, 1.54) is 13.0 Å². The smallest absolute Gasteiger partial charge is 0.349 e. The number of carbonyl (C=O) groups is 2. The number of amides is 1. The molecule has 1 atom stereocenters. The summed E-state index contributed by atoms with van der Waals surface area (Å²) in [4.78, 5) is 36.4. The lowest BCUT2D eigenvalue weighted by Gasteiger charge is -2.26. The van der Waals surface area contributed by atoms with Gasteiger partial charge < -0.3 is 14.8 Å². The molecular weight excluding hydrogens is 322 g/mol. The molecule has 0 aliphatic rings.